The lowest BCUT2D eigenvalue weighted by molar-refractivity contribution is -0.108. The molecule has 0 radical (unpaired) electrons. The minimum absolute atomic E-state index is 0.0287. The summed E-state index contributed by atoms with van der Waals surface area (Å²) in [4.78, 5) is 22.5. The first-order valence-electron chi connectivity index (χ1n) is 9.70. The predicted octanol–water partition coefficient (Wildman–Crippen LogP) is 3.09. The van der Waals surface area contributed by atoms with Crippen LogP contribution in [-0.4, -0.2) is 31.6 Å². The van der Waals surface area contributed by atoms with Crippen molar-refractivity contribution in [1.82, 2.24) is 5.32 Å². The lowest BCUT2D eigenvalue weighted by Crippen LogP contribution is -2.43. The molecule has 0 fully saturated rings. The number of nitrogens with two attached hydrogens (primary N) is 2. The van der Waals surface area contributed by atoms with Crippen molar-refractivity contribution < 1.29 is 23.5 Å². The van der Waals surface area contributed by atoms with Gasteiger partial charge in [0.2, 0.25) is 12.3 Å². The molecule has 1 atom stereocenters. The van der Waals surface area contributed by atoms with Crippen LogP contribution in [0.5, 0.6) is 11.5 Å². The first kappa shape index (κ1) is 23.3. The molecule has 1 aliphatic rings. The maximum Gasteiger partial charge on any atom is 0.249 e. The summed E-state index contributed by atoms with van der Waals surface area (Å²) >= 11 is 6.51. The predicted molar refractivity (Wildman–Crippen MR) is 120 cm³/mol. The number of fused-ring (bicyclic) bond motifs is 1. The summed E-state index contributed by atoms with van der Waals surface area (Å²) in [7, 11) is 1.33. The van der Waals surface area contributed by atoms with E-state index in [0.29, 0.717) is 23.3 Å². The van der Waals surface area contributed by atoms with E-state index in [0.717, 1.165) is 5.57 Å². The molecule has 0 unspecified atom stereocenters. The number of hydrogen-bond donors (Lipinski definition) is 3. The van der Waals surface area contributed by atoms with Crippen LogP contribution in [0.25, 0.3) is 11.1 Å². The maximum absolute atomic E-state index is 15.4. The fourth-order valence-corrected chi connectivity index (χ4v) is 4.04. The van der Waals surface area contributed by atoms with Crippen molar-refractivity contribution in [2.75, 3.05) is 13.7 Å². The van der Waals surface area contributed by atoms with Gasteiger partial charge in [-0.3, -0.25) is 9.59 Å². The molecule has 0 spiro atoms. The molecule has 3 rings (SSSR count). The summed E-state index contributed by atoms with van der Waals surface area (Å²) in [5.41, 5.74) is 12.3. The van der Waals surface area contributed by atoms with Gasteiger partial charge in [0, 0.05) is 40.9 Å². The average Bonchev–Trinajstić information content (AvgIpc) is 3.17. The van der Waals surface area contributed by atoms with Crippen molar-refractivity contribution in [2.45, 2.75) is 18.9 Å². The molecular weight excluding hydrogens is 437 g/mol. The highest BCUT2D eigenvalue weighted by Crippen LogP contribution is 2.48. The van der Waals surface area contributed by atoms with E-state index in [2.05, 4.69) is 5.32 Å². The molecule has 2 aromatic rings. The Kier molecular flexibility index (Phi) is 6.86. The molecule has 9 heteroatoms. The van der Waals surface area contributed by atoms with Gasteiger partial charge in [0.25, 0.3) is 0 Å². The fourth-order valence-electron chi connectivity index (χ4n) is 3.77. The Morgan fingerprint density at radius 1 is 1.34 bits per heavy atom. The highest BCUT2D eigenvalue weighted by atomic mass is 35.5. The maximum atomic E-state index is 15.4. The zero-order chi connectivity index (χ0) is 23.5. The van der Waals surface area contributed by atoms with Crippen molar-refractivity contribution in [3.8, 4) is 22.6 Å². The number of methoxy groups -OCH3 is 1. The fraction of sp³-hybridized carbons (Fsp3) is 0.217. The number of halogens is 2. The Morgan fingerprint density at radius 3 is 2.72 bits per heavy atom. The third-order valence-corrected chi connectivity index (χ3v) is 5.80. The van der Waals surface area contributed by atoms with Gasteiger partial charge in [0.15, 0.2) is 11.6 Å². The van der Waals surface area contributed by atoms with E-state index in [-0.39, 0.29) is 34.9 Å². The molecule has 1 aliphatic heterocycles. The molecule has 2 aromatic carbocycles. The number of rotatable bonds is 8. The standard InChI is InChI=1S/C23H23ClFN3O4/c1-13(4-3-9-28-12-29)23(11-26)10-15-17(32-23)8-6-16(24)19(15)20-14(22(27)30)5-7-18(31-2)21(20)25/h3-9,12H,10-11,26H2,1-2H3,(H2,27,30)(H,28,29)/b9-3-,13-4+/t23-/m1/s1. The monoisotopic (exact) mass is 459 g/mol. The molecule has 0 aliphatic carbocycles. The number of benzene rings is 2. The highest BCUT2D eigenvalue weighted by Gasteiger charge is 2.42. The van der Waals surface area contributed by atoms with Crippen LogP contribution in [0.4, 0.5) is 4.39 Å². The molecule has 2 amide bonds. The summed E-state index contributed by atoms with van der Waals surface area (Å²) in [5.74, 6) is -1.13. The minimum atomic E-state index is -0.921. The minimum Gasteiger partial charge on any atom is -0.494 e. The molecule has 32 heavy (non-hydrogen) atoms. The number of allylic oxidation sites excluding steroid dienone is 2. The van der Waals surface area contributed by atoms with E-state index in [4.69, 9.17) is 32.5 Å². The largest absolute Gasteiger partial charge is 0.494 e. The average molecular weight is 460 g/mol. The Balaban J connectivity index is 2.19. The Morgan fingerprint density at radius 2 is 2.09 bits per heavy atom. The number of hydrogen-bond acceptors (Lipinski definition) is 5. The third-order valence-electron chi connectivity index (χ3n) is 5.48. The van der Waals surface area contributed by atoms with E-state index in [1.54, 1.807) is 24.3 Å². The lowest BCUT2D eigenvalue weighted by atomic mass is 9.85. The van der Waals surface area contributed by atoms with Crippen LogP contribution in [0.15, 0.2) is 48.2 Å². The topological polar surface area (TPSA) is 117 Å². The second-order valence-corrected chi connectivity index (χ2v) is 7.65. The molecular formula is C23H23ClFN3O4. The molecule has 0 saturated carbocycles. The second-order valence-electron chi connectivity index (χ2n) is 7.24. The zero-order valence-electron chi connectivity index (χ0n) is 17.6. The van der Waals surface area contributed by atoms with Crippen molar-refractivity contribution in [3.63, 3.8) is 0 Å². The number of ether oxygens (including phenoxy) is 2. The van der Waals surface area contributed by atoms with Crippen molar-refractivity contribution >= 4 is 23.9 Å². The van der Waals surface area contributed by atoms with Crippen LogP contribution in [0.2, 0.25) is 5.02 Å². The quantitative estimate of drug-likeness (QED) is 0.414. The van der Waals surface area contributed by atoms with Gasteiger partial charge in [-0.1, -0.05) is 17.7 Å². The molecule has 5 N–H and O–H groups in total. The summed E-state index contributed by atoms with van der Waals surface area (Å²) < 4.78 is 26.7. The third kappa shape index (κ3) is 4.06. The number of nitrogens with one attached hydrogen (secondary N) is 1. The van der Waals surface area contributed by atoms with Crippen LogP contribution in [-0.2, 0) is 11.2 Å². The number of carbonyl (C=O) groups is 2. The Hall–Kier alpha value is -3.36. The van der Waals surface area contributed by atoms with Crippen molar-refractivity contribution in [2.24, 2.45) is 11.5 Å². The first-order chi connectivity index (χ1) is 15.3. The summed E-state index contributed by atoms with van der Waals surface area (Å²) in [5, 5.41) is 2.65. The zero-order valence-corrected chi connectivity index (χ0v) is 18.3. The SMILES string of the molecule is COc1ccc(C(N)=O)c(-c2c(Cl)ccc3c2C[C@@](CN)(/C(C)=C/C=C\NC=O)O3)c1F. The van der Waals surface area contributed by atoms with Gasteiger partial charge in [-0.15, -0.1) is 0 Å². The molecule has 168 valence electrons. The molecule has 1 heterocycles. The molecule has 0 aromatic heterocycles. The summed E-state index contributed by atoms with van der Waals surface area (Å²) in [6.45, 7) is 1.96. The number of primary amides is 1. The van der Waals surface area contributed by atoms with Crippen LogP contribution in [0.1, 0.15) is 22.8 Å². The Labute approximate surface area is 189 Å². The van der Waals surface area contributed by atoms with Crippen LogP contribution in [0.3, 0.4) is 0 Å². The molecule has 0 bridgehead atoms. The van der Waals surface area contributed by atoms with Gasteiger partial charge in [-0.25, -0.2) is 4.39 Å². The van der Waals surface area contributed by atoms with Gasteiger partial charge in [-0.2, -0.15) is 0 Å². The van der Waals surface area contributed by atoms with E-state index >= 15 is 4.39 Å². The second kappa shape index (κ2) is 9.42. The van der Waals surface area contributed by atoms with Gasteiger partial charge in [0.05, 0.1) is 12.7 Å². The van der Waals surface area contributed by atoms with E-state index in [1.165, 1.54) is 25.4 Å². The highest BCUT2D eigenvalue weighted by molar-refractivity contribution is 6.34. The van der Waals surface area contributed by atoms with Crippen LogP contribution >= 0.6 is 11.6 Å². The first-order valence-corrected chi connectivity index (χ1v) is 10.1. The normalized spacial score (nSPS) is 17.7. The van der Waals surface area contributed by atoms with Crippen LogP contribution in [0, 0.1) is 5.82 Å². The van der Waals surface area contributed by atoms with E-state index in [9.17, 15) is 9.59 Å². The summed E-state index contributed by atoms with van der Waals surface area (Å²) in [6.07, 6.45) is 5.70. The van der Waals surface area contributed by atoms with Crippen molar-refractivity contribution in [3.05, 3.63) is 70.2 Å². The van der Waals surface area contributed by atoms with Gasteiger partial charge < -0.3 is 26.3 Å². The molecule has 7 nitrogen and oxygen atoms in total. The van der Waals surface area contributed by atoms with Gasteiger partial charge in [0.1, 0.15) is 11.4 Å². The van der Waals surface area contributed by atoms with Gasteiger partial charge >= 0.3 is 0 Å². The smallest absolute Gasteiger partial charge is 0.249 e. The van der Waals surface area contributed by atoms with Crippen LogP contribution < -0.4 is 26.3 Å². The van der Waals surface area contributed by atoms with Crippen molar-refractivity contribution in [1.29, 1.82) is 0 Å². The molecule has 0 saturated heterocycles. The summed E-state index contributed by atoms with van der Waals surface area (Å²) in [6, 6.07) is 5.98. The lowest BCUT2D eigenvalue weighted by Gasteiger charge is -2.28. The van der Waals surface area contributed by atoms with Gasteiger partial charge in [-0.05, 0) is 42.8 Å². The van der Waals surface area contributed by atoms with E-state index < -0.39 is 17.3 Å². The van der Waals surface area contributed by atoms with E-state index in [1.807, 2.05) is 6.92 Å². The number of amides is 2. The Bertz CT molecular complexity index is 1130. The number of carbonyl (C=O) groups excluding carboxylic acids is 2.